The highest BCUT2D eigenvalue weighted by atomic mass is 16.7. The highest BCUT2D eigenvalue weighted by Gasteiger charge is 2.14. The molecule has 1 aliphatic heterocycles. The summed E-state index contributed by atoms with van der Waals surface area (Å²) >= 11 is 0. The normalized spacial score (nSPS) is 12.8. The number of aromatic nitrogens is 1. The molecular formula is C14H11N3O3. The average Bonchev–Trinajstić information content (AvgIpc) is 3.05. The van der Waals surface area contributed by atoms with Crippen LogP contribution in [-0.2, 0) is 0 Å². The number of hydrogen-bond donors (Lipinski definition) is 2. The minimum Gasteiger partial charge on any atom is -0.454 e. The van der Waals surface area contributed by atoms with Crippen LogP contribution in [0.25, 0.3) is 11.1 Å². The van der Waals surface area contributed by atoms with Gasteiger partial charge in [0.05, 0.1) is 5.69 Å². The molecule has 2 heterocycles. The van der Waals surface area contributed by atoms with E-state index in [4.69, 9.17) is 19.6 Å². The number of rotatable bonds is 2. The monoisotopic (exact) mass is 269 g/mol. The minimum absolute atomic E-state index is 0.248. The van der Waals surface area contributed by atoms with Gasteiger partial charge in [-0.3, -0.25) is 0 Å². The van der Waals surface area contributed by atoms with Crippen molar-refractivity contribution in [3.05, 3.63) is 36.4 Å². The van der Waals surface area contributed by atoms with Crippen molar-refractivity contribution in [1.29, 1.82) is 0 Å². The Morgan fingerprint density at radius 1 is 1.10 bits per heavy atom. The van der Waals surface area contributed by atoms with Crippen molar-refractivity contribution in [1.82, 2.24) is 4.98 Å². The Kier molecular flexibility index (Phi) is 2.23. The first kappa shape index (κ1) is 11.0. The van der Waals surface area contributed by atoms with Gasteiger partial charge in [-0.05, 0) is 24.3 Å². The second kappa shape index (κ2) is 4.06. The Balaban J connectivity index is 1.69. The molecule has 20 heavy (non-hydrogen) atoms. The summed E-state index contributed by atoms with van der Waals surface area (Å²) in [6.45, 7) is 0.248. The van der Waals surface area contributed by atoms with Crippen molar-refractivity contribution in [3.63, 3.8) is 0 Å². The highest BCUT2D eigenvalue weighted by Crippen LogP contribution is 2.35. The van der Waals surface area contributed by atoms with Gasteiger partial charge in [-0.15, -0.1) is 0 Å². The highest BCUT2D eigenvalue weighted by molar-refractivity contribution is 5.86. The molecular weight excluding hydrogens is 258 g/mol. The average molecular weight is 269 g/mol. The van der Waals surface area contributed by atoms with Gasteiger partial charge in [-0.1, -0.05) is 6.07 Å². The molecule has 3 aromatic rings. The van der Waals surface area contributed by atoms with Gasteiger partial charge in [-0.25, -0.2) is 0 Å². The van der Waals surface area contributed by atoms with Crippen molar-refractivity contribution < 1.29 is 13.9 Å². The van der Waals surface area contributed by atoms with Crippen LogP contribution in [0.1, 0.15) is 0 Å². The number of nitrogens with zero attached hydrogens (tertiary/aromatic N) is 1. The summed E-state index contributed by atoms with van der Waals surface area (Å²) in [5.41, 5.74) is 8.54. The molecule has 1 aliphatic rings. The molecule has 6 heteroatoms. The zero-order valence-electron chi connectivity index (χ0n) is 10.4. The van der Waals surface area contributed by atoms with Crippen molar-refractivity contribution >= 4 is 28.5 Å². The summed E-state index contributed by atoms with van der Waals surface area (Å²) in [7, 11) is 0. The van der Waals surface area contributed by atoms with Crippen LogP contribution in [0, 0.1) is 0 Å². The van der Waals surface area contributed by atoms with Crippen molar-refractivity contribution in [2.24, 2.45) is 0 Å². The lowest BCUT2D eigenvalue weighted by molar-refractivity contribution is 0.174. The van der Waals surface area contributed by atoms with Gasteiger partial charge in [0.25, 0.3) is 6.01 Å². The lowest BCUT2D eigenvalue weighted by Crippen LogP contribution is -1.93. The number of benzene rings is 2. The number of hydrogen-bond acceptors (Lipinski definition) is 6. The van der Waals surface area contributed by atoms with E-state index in [9.17, 15) is 0 Å². The Bertz CT molecular complexity index is 797. The molecule has 0 saturated carbocycles. The molecule has 0 amide bonds. The molecule has 0 aliphatic carbocycles. The molecule has 1 aromatic heterocycles. The van der Waals surface area contributed by atoms with Gasteiger partial charge >= 0.3 is 0 Å². The van der Waals surface area contributed by atoms with E-state index in [-0.39, 0.29) is 6.79 Å². The maximum atomic E-state index is 5.85. The second-order valence-electron chi connectivity index (χ2n) is 4.41. The quantitative estimate of drug-likeness (QED) is 0.696. The van der Waals surface area contributed by atoms with E-state index < -0.39 is 0 Å². The summed E-state index contributed by atoms with van der Waals surface area (Å²) in [5, 5.41) is 3.08. The van der Waals surface area contributed by atoms with Crippen LogP contribution in [0.5, 0.6) is 11.5 Å². The molecule has 100 valence electrons. The molecule has 3 N–H and O–H groups in total. The van der Waals surface area contributed by atoms with Gasteiger partial charge < -0.3 is 24.9 Å². The van der Waals surface area contributed by atoms with Gasteiger partial charge in [0.15, 0.2) is 17.1 Å². The smallest absolute Gasteiger partial charge is 0.300 e. The molecule has 0 fully saturated rings. The summed E-state index contributed by atoms with van der Waals surface area (Å²) in [5.74, 6) is 1.43. The molecule has 0 atom stereocenters. The largest absolute Gasteiger partial charge is 0.454 e. The lowest BCUT2D eigenvalue weighted by atomic mass is 10.3. The van der Waals surface area contributed by atoms with Crippen molar-refractivity contribution in [2.75, 3.05) is 17.8 Å². The third-order valence-corrected chi connectivity index (χ3v) is 3.07. The van der Waals surface area contributed by atoms with Crippen LogP contribution in [-0.4, -0.2) is 11.8 Å². The fourth-order valence-corrected chi connectivity index (χ4v) is 2.12. The van der Waals surface area contributed by atoms with E-state index in [0.717, 1.165) is 11.4 Å². The predicted molar refractivity (Wildman–Crippen MR) is 74.3 cm³/mol. The first-order valence-corrected chi connectivity index (χ1v) is 6.11. The second-order valence-corrected chi connectivity index (χ2v) is 4.41. The zero-order valence-corrected chi connectivity index (χ0v) is 10.4. The molecule has 4 rings (SSSR count). The third kappa shape index (κ3) is 1.70. The number of oxazole rings is 1. The summed E-state index contributed by atoms with van der Waals surface area (Å²) in [4.78, 5) is 4.33. The molecule has 0 bridgehead atoms. The van der Waals surface area contributed by atoms with Crippen molar-refractivity contribution in [3.8, 4) is 11.5 Å². The van der Waals surface area contributed by atoms with Gasteiger partial charge in [-0.2, -0.15) is 4.98 Å². The number of nitrogens with one attached hydrogen (secondary N) is 1. The molecule has 0 unspecified atom stereocenters. The first-order valence-electron chi connectivity index (χ1n) is 6.11. The molecule has 0 radical (unpaired) electrons. The summed E-state index contributed by atoms with van der Waals surface area (Å²) in [6, 6.07) is 11.4. The molecule has 2 aromatic carbocycles. The topological polar surface area (TPSA) is 82.5 Å². The molecule has 6 nitrogen and oxygen atoms in total. The van der Waals surface area contributed by atoms with Crippen LogP contribution in [0.4, 0.5) is 17.4 Å². The number of nitrogen functional groups attached to an aromatic ring is 1. The van der Waals surface area contributed by atoms with E-state index in [1.807, 2.05) is 30.3 Å². The van der Waals surface area contributed by atoms with Crippen LogP contribution < -0.4 is 20.5 Å². The van der Waals surface area contributed by atoms with Crippen LogP contribution in [0.3, 0.4) is 0 Å². The lowest BCUT2D eigenvalue weighted by Gasteiger charge is -2.02. The fourth-order valence-electron chi connectivity index (χ4n) is 2.12. The standard InChI is InChI=1S/C14H11N3O3/c15-9-2-1-3-11-13(9)17-14(20-11)16-8-4-5-10-12(6-8)19-7-18-10/h1-6H,7,15H2,(H,16,17). The predicted octanol–water partition coefficient (Wildman–Crippen LogP) is 2.88. The minimum atomic E-state index is 0.248. The molecule has 0 saturated heterocycles. The maximum Gasteiger partial charge on any atom is 0.300 e. The fraction of sp³-hybridized carbons (Fsp3) is 0.0714. The van der Waals surface area contributed by atoms with Gasteiger partial charge in [0.2, 0.25) is 6.79 Å². The summed E-state index contributed by atoms with van der Waals surface area (Å²) < 4.78 is 16.2. The van der Waals surface area contributed by atoms with E-state index in [1.54, 1.807) is 6.07 Å². The summed E-state index contributed by atoms with van der Waals surface area (Å²) in [6.07, 6.45) is 0. The molecule has 0 spiro atoms. The van der Waals surface area contributed by atoms with E-state index in [2.05, 4.69) is 10.3 Å². The Hall–Kier alpha value is -2.89. The number of fused-ring (bicyclic) bond motifs is 2. The van der Waals surface area contributed by atoms with Crippen LogP contribution in [0.2, 0.25) is 0 Å². The number of anilines is 3. The zero-order chi connectivity index (χ0) is 13.5. The van der Waals surface area contributed by atoms with E-state index in [1.165, 1.54) is 0 Å². The SMILES string of the molecule is Nc1cccc2oc(Nc3ccc4c(c3)OCO4)nc12. The van der Waals surface area contributed by atoms with E-state index >= 15 is 0 Å². The van der Waals surface area contributed by atoms with E-state index in [0.29, 0.717) is 28.6 Å². The van der Waals surface area contributed by atoms with Crippen molar-refractivity contribution in [2.45, 2.75) is 0 Å². The third-order valence-electron chi connectivity index (χ3n) is 3.07. The first-order chi connectivity index (χ1) is 9.79. The number of nitrogens with two attached hydrogens (primary N) is 1. The Labute approximate surface area is 114 Å². The number of ether oxygens (including phenoxy) is 2. The Morgan fingerprint density at radius 3 is 2.90 bits per heavy atom. The van der Waals surface area contributed by atoms with Gasteiger partial charge in [0.1, 0.15) is 5.52 Å². The van der Waals surface area contributed by atoms with Crippen LogP contribution in [0.15, 0.2) is 40.8 Å². The Morgan fingerprint density at radius 2 is 2.00 bits per heavy atom. The van der Waals surface area contributed by atoms with Crippen LogP contribution >= 0.6 is 0 Å². The number of para-hydroxylation sites is 1. The van der Waals surface area contributed by atoms with Gasteiger partial charge in [0, 0.05) is 11.8 Å². The maximum absolute atomic E-state index is 5.85.